The van der Waals surface area contributed by atoms with Crippen LogP contribution in [0.2, 0.25) is 0 Å². The molecule has 0 N–H and O–H groups in total. The average Bonchev–Trinajstić information content (AvgIpc) is 2.85. The highest BCUT2D eigenvalue weighted by Gasteiger charge is 2.34. The lowest BCUT2D eigenvalue weighted by Gasteiger charge is -2.38. The van der Waals surface area contributed by atoms with Gasteiger partial charge >= 0.3 is 0 Å². The van der Waals surface area contributed by atoms with Crippen molar-refractivity contribution in [1.29, 1.82) is 5.26 Å². The molecule has 1 aliphatic heterocycles. The predicted octanol–water partition coefficient (Wildman–Crippen LogP) is 4.16. The van der Waals surface area contributed by atoms with Crippen molar-refractivity contribution < 1.29 is 0 Å². The molecule has 1 unspecified atom stereocenters. The van der Waals surface area contributed by atoms with Crippen LogP contribution in [0, 0.1) is 11.3 Å². The van der Waals surface area contributed by atoms with Gasteiger partial charge in [-0.25, -0.2) is 0 Å². The van der Waals surface area contributed by atoms with Gasteiger partial charge in [0.2, 0.25) is 0 Å². The summed E-state index contributed by atoms with van der Waals surface area (Å²) in [6, 6.07) is 9.85. The van der Waals surface area contributed by atoms with Crippen LogP contribution in [0.15, 0.2) is 18.2 Å². The van der Waals surface area contributed by atoms with Gasteiger partial charge in [0.25, 0.3) is 0 Å². The van der Waals surface area contributed by atoms with Crippen LogP contribution >= 0.6 is 0 Å². The van der Waals surface area contributed by atoms with Crippen LogP contribution in [0.3, 0.4) is 0 Å². The summed E-state index contributed by atoms with van der Waals surface area (Å²) in [4.78, 5) is 2.38. The molecule has 0 fully saturated rings. The molecule has 0 bridgehead atoms. The number of rotatable bonds is 1. The van der Waals surface area contributed by atoms with Crippen LogP contribution in [0.4, 0.5) is 0 Å². The molecule has 1 aromatic heterocycles. The minimum Gasteiger partial charge on any atom is -0.341 e. The first kappa shape index (κ1) is 14.8. The van der Waals surface area contributed by atoms with Gasteiger partial charge in [-0.15, -0.1) is 0 Å². The summed E-state index contributed by atoms with van der Waals surface area (Å²) in [6.45, 7) is 9.41. The van der Waals surface area contributed by atoms with Gasteiger partial charge in [0.05, 0.1) is 18.7 Å². The van der Waals surface area contributed by atoms with E-state index in [0.29, 0.717) is 12.6 Å². The fraction of sp³-hybridized carbons (Fsp3) is 0.550. The Balaban J connectivity index is 1.92. The summed E-state index contributed by atoms with van der Waals surface area (Å²) in [5.74, 6) is 0. The maximum atomic E-state index is 9.13. The largest absolute Gasteiger partial charge is 0.341 e. The van der Waals surface area contributed by atoms with E-state index in [4.69, 9.17) is 5.26 Å². The molecule has 0 spiro atoms. The maximum Gasteiger partial charge on any atom is 0.0872 e. The Bertz CT molecular complexity index is 801. The molecular formula is C20H25N3. The summed E-state index contributed by atoms with van der Waals surface area (Å²) < 4.78 is 2.55. The number of nitrogens with zero attached hydrogens (tertiary/aromatic N) is 3. The number of benzene rings is 1. The summed E-state index contributed by atoms with van der Waals surface area (Å²) in [6.07, 6.45) is 3.61. The Labute approximate surface area is 138 Å². The van der Waals surface area contributed by atoms with E-state index in [0.717, 1.165) is 13.1 Å². The zero-order chi connectivity index (χ0) is 16.2. The zero-order valence-electron chi connectivity index (χ0n) is 14.4. The first-order valence-corrected chi connectivity index (χ1v) is 8.77. The number of nitriles is 1. The smallest absolute Gasteiger partial charge is 0.0872 e. The van der Waals surface area contributed by atoms with Gasteiger partial charge in [-0.1, -0.05) is 32.9 Å². The monoisotopic (exact) mass is 307 g/mol. The Morgan fingerprint density at radius 1 is 1.26 bits per heavy atom. The molecule has 2 aliphatic rings. The highest BCUT2D eigenvalue weighted by Crippen LogP contribution is 2.43. The van der Waals surface area contributed by atoms with Crippen LogP contribution in [0.25, 0.3) is 10.9 Å². The third kappa shape index (κ3) is 2.20. The van der Waals surface area contributed by atoms with E-state index in [9.17, 15) is 0 Å². The standard InChI is InChI=1S/C20H25N3/c1-20(2,3)14-7-8-15-16-5-4-6-17-19(16)23(18(15)13-14)12-11-22(17)10-9-21/h7-8,13,17H,4-6,10-12H2,1-3H3. The molecule has 3 heteroatoms. The molecule has 0 saturated heterocycles. The third-order valence-electron chi connectivity index (χ3n) is 5.63. The first-order valence-electron chi connectivity index (χ1n) is 8.77. The Kier molecular flexibility index (Phi) is 3.28. The fourth-order valence-corrected chi connectivity index (χ4v) is 4.42. The number of aryl methyl sites for hydroxylation is 1. The Morgan fingerprint density at radius 2 is 2.09 bits per heavy atom. The van der Waals surface area contributed by atoms with Gasteiger partial charge in [0, 0.05) is 29.7 Å². The lowest BCUT2D eigenvalue weighted by molar-refractivity contribution is 0.160. The summed E-state index contributed by atoms with van der Waals surface area (Å²) in [5, 5.41) is 10.6. The average molecular weight is 307 g/mol. The molecule has 4 rings (SSSR count). The molecule has 1 aliphatic carbocycles. The van der Waals surface area contributed by atoms with Crippen molar-refractivity contribution in [2.75, 3.05) is 13.1 Å². The van der Waals surface area contributed by atoms with Gasteiger partial charge < -0.3 is 4.57 Å². The summed E-state index contributed by atoms with van der Waals surface area (Å²) in [7, 11) is 0. The van der Waals surface area contributed by atoms with Gasteiger partial charge in [-0.05, 0) is 41.9 Å². The zero-order valence-corrected chi connectivity index (χ0v) is 14.4. The third-order valence-corrected chi connectivity index (χ3v) is 5.63. The lowest BCUT2D eigenvalue weighted by atomic mass is 9.86. The minimum atomic E-state index is 0.181. The summed E-state index contributed by atoms with van der Waals surface area (Å²) >= 11 is 0. The molecule has 0 saturated carbocycles. The molecule has 120 valence electrons. The molecule has 23 heavy (non-hydrogen) atoms. The fourth-order valence-electron chi connectivity index (χ4n) is 4.42. The number of hydrogen-bond donors (Lipinski definition) is 0. The second-order valence-corrected chi connectivity index (χ2v) is 8.03. The Hall–Kier alpha value is -1.79. The van der Waals surface area contributed by atoms with Crippen LogP contribution in [0.5, 0.6) is 0 Å². The minimum absolute atomic E-state index is 0.181. The highest BCUT2D eigenvalue weighted by molar-refractivity contribution is 5.87. The van der Waals surface area contributed by atoms with E-state index in [1.807, 2.05) is 0 Å². The van der Waals surface area contributed by atoms with E-state index in [-0.39, 0.29) is 5.41 Å². The molecule has 0 radical (unpaired) electrons. The first-order chi connectivity index (χ1) is 11.0. The van der Waals surface area contributed by atoms with Crippen LogP contribution < -0.4 is 0 Å². The molecule has 2 aromatic rings. The number of aromatic nitrogens is 1. The lowest BCUT2D eigenvalue weighted by Crippen LogP contribution is -2.39. The SMILES string of the molecule is CC(C)(C)c1ccc2c3c4n(c2c1)CCN(CC#N)C4CCC3. The number of hydrogen-bond acceptors (Lipinski definition) is 2. The molecule has 1 aromatic carbocycles. The number of fused-ring (bicyclic) bond motifs is 3. The highest BCUT2D eigenvalue weighted by atomic mass is 15.2. The van der Waals surface area contributed by atoms with Crippen molar-refractivity contribution in [2.45, 2.75) is 58.0 Å². The topological polar surface area (TPSA) is 32.0 Å². The van der Waals surface area contributed by atoms with E-state index in [1.54, 1.807) is 5.56 Å². The molecule has 0 amide bonds. The van der Waals surface area contributed by atoms with Crippen molar-refractivity contribution in [3.8, 4) is 6.07 Å². The second kappa shape index (κ2) is 5.11. The van der Waals surface area contributed by atoms with Crippen molar-refractivity contribution in [3.05, 3.63) is 35.0 Å². The predicted molar refractivity (Wildman–Crippen MR) is 93.5 cm³/mol. The normalized spacial score (nSPS) is 21.2. The van der Waals surface area contributed by atoms with Crippen LogP contribution in [-0.4, -0.2) is 22.6 Å². The molecular weight excluding hydrogens is 282 g/mol. The van der Waals surface area contributed by atoms with Crippen molar-refractivity contribution >= 4 is 10.9 Å². The quantitative estimate of drug-likeness (QED) is 0.741. The van der Waals surface area contributed by atoms with Crippen LogP contribution in [0.1, 0.15) is 56.5 Å². The maximum absolute atomic E-state index is 9.13. The van der Waals surface area contributed by atoms with E-state index in [1.165, 1.54) is 41.4 Å². The van der Waals surface area contributed by atoms with Crippen molar-refractivity contribution in [2.24, 2.45) is 0 Å². The van der Waals surface area contributed by atoms with Crippen LogP contribution in [-0.2, 0) is 18.4 Å². The molecule has 2 heterocycles. The van der Waals surface area contributed by atoms with Gasteiger partial charge in [-0.2, -0.15) is 5.26 Å². The van der Waals surface area contributed by atoms with Gasteiger partial charge in [0.1, 0.15) is 0 Å². The Morgan fingerprint density at radius 3 is 2.83 bits per heavy atom. The van der Waals surface area contributed by atoms with E-state index in [2.05, 4.69) is 54.5 Å². The summed E-state index contributed by atoms with van der Waals surface area (Å²) in [5.41, 5.74) is 6.04. The molecule has 3 nitrogen and oxygen atoms in total. The van der Waals surface area contributed by atoms with E-state index >= 15 is 0 Å². The van der Waals surface area contributed by atoms with Crippen molar-refractivity contribution in [3.63, 3.8) is 0 Å². The van der Waals surface area contributed by atoms with Gasteiger partial charge in [-0.3, -0.25) is 4.90 Å². The molecule has 1 atom stereocenters. The van der Waals surface area contributed by atoms with E-state index < -0.39 is 0 Å². The van der Waals surface area contributed by atoms with Gasteiger partial charge in [0.15, 0.2) is 0 Å². The second-order valence-electron chi connectivity index (χ2n) is 8.03. The van der Waals surface area contributed by atoms with Crippen molar-refractivity contribution in [1.82, 2.24) is 9.47 Å².